The van der Waals surface area contributed by atoms with E-state index in [1.807, 2.05) is 0 Å². The van der Waals surface area contributed by atoms with Crippen LogP contribution in [-0.2, 0) is 6.18 Å². The summed E-state index contributed by atoms with van der Waals surface area (Å²) in [6.07, 6.45) is -2.48. The maximum Gasteiger partial charge on any atom is 0.416 e. The third-order valence-electron chi connectivity index (χ3n) is 5.55. The van der Waals surface area contributed by atoms with Crippen LogP contribution in [0.25, 0.3) is 0 Å². The second-order valence-corrected chi connectivity index (χ2v) is 8.06. The number of urea groups is 1. The number of alkyl halides is 3. The van der Waals surface area contributed by atoms with Crippen molar-refractivity contribution in [3.05, 3.63) is 101 Å². The Labute approximate surface area is 195 Å². The van der Waals surface area contributed by atoms with Crippen LogP contribution in [0.4, 0.5) is 32.4 Å². The lowest BCUT2D eigenvalue weighted by Gasteiger charge is -2.18. The van der Waals surface area contributed by atoms with Gasteiger partial charge in [0.1, 0.15) is 11.6 Å². The molecule has 0 saturated heterocycles. The zero-order chi connectivity index (χ0) is 24.7. The van der Waals surface area contributed by atoms with Crippen molar-refractivity contribution in [3.8, 4) is 0 Å². The molecule has 0 spiro atoms. The number of aryl methyl sites for hydroxylation is 1. The highest BCUT2D eigenvalue weighted by Gasteiger charge is 2.32. The van der Waals surface area contributed by atoms with Gasteiger partial charge in [-0.15, -0.1) is 0 Å². The number of carbonyl (C=O) groups excluding carboxylic acids is 1. The second kappa shape index (κ2) is 11.1. The van der Waals surface area contributed by atoms with Gasteiger partial charge in [-0.2, -0.15) is 13.2 Å². The Balaban J connectivity index is 1.52. The number of benzene rings is 3. The van der Waals surface area contributed by atoms with Crippen LogP contribution in [0.5, 0.6) is 0 Å². The summed E-state index contributed by atoms with van der Waals surface area (Å²) in [4.78, 5) is 12.1. The molecule has 0 aliphatic heterocycles. The molecule has 0 unspecified atom stereocenters. The van der Waals surface area contributed by atoms with E-state index >= 15 is 0 Å². The summed E-state index contributed by atoms with van der Waals surface area (Å²) in [5, 5.41) is 5.06. The van der Waals surface area contributed by atoms with Crippen molar-refractivity contribution < 1.29 is 26.7 Å². The molecule has 3 aromatic carbocycles. The molecule has 0 aliphatic carbocycles. The van der Waals surface area contributed by atoms with E-state index in [1.54, 1.807) is 24.3 Å². The summed E-state index contributed by atoms with van der Waals surface area (Å²) in [6, 6.07) is 15.4. The van der Waals surface area contributed by atoms with Gasteiger partial charge < -0.3 is 10.6 Å². The predicted octanol–water partition coefficient (Wildman–Crippen LogP) is 7.42. The van der Waals surface area contributed by atoms with E-state index in [9.17, 15) is 26.7 Å². The Bertz CT molecular complexity index is 1050. The topological polar surface area (TPSA) is 41.1 Å². The van der Waals surface area contributed by atoms with Gasteiger partial charge in [0.25, 0.3) is 0 Å². The molecule has 0 heterocycles. The third kappa shape index (κ3) is 7.04. The molecule has 0 fully saturated rings. The highest BCUT2D eigenvalue weighted by molar-refractivity contribution is 5.89. The highest BCUT2D eigenvalue weighted by atomic mass is 19.4. The van der Waals surface area contributed by atoms with Crippen molar-refractivity contribution in [1.82, 2.24) is 5.32 Å². The summed E-state index contributed by atoms with van der Waals surface area (Å²) >= 11 is 0. The maximum absolute atomic E-state index is 13.3. The molecule has 34 heavy (non-hydrogen) atoms. The second-order valence-electron chi connectivity index (χ2n) is 8.06. The fraction of sp³-hybridized carbons (Fsp3) is 0.269. The molecule has 2 amide bonds. The molecular weight excluding hydrogens is 451 g/mol. The van der Waals surface area contributed by atoms with Crippen molar-refractivity contribution in [2.75, 3.05) is 11.9 Å². The maximum atomic E-state index is 13.3. The Hall–Kier alpha value is -3.42. The number of halogens is 5. The first-order valence-electron chi connectivity index (χ1n) is 10.9. The summed E-state index contributed by atoms with van der Waals surface area (Å²) in [5.41, 5.74) is 1.15. The fourth-order valence-corrected chi connectivity index (χ4v) is 3.77. The molecule has 0 aliphatic rings. The minimum Gasteiger partial charge on any atom is -0.338 e. The van der Waals surface area contributed by atoms with Gasteiger partial charge in [0, 0.05) is 18.2 Å². The minimum atomic E-state index is -4.50. The van der Waals surface area contributed by atoms with Crippen LogP contribution in [0.1, 0.15) is 47.4 Å². The van der Waals surface area contributed by atoms with Crippen molar-refractivity contribution in [3.63, 3.8) is 0 Å². The van der Waals surface area contributed by atoms with Crippen LogP contribution in [0, 0.1) is 18.6 Å². The molecule has 3 rings (SSSR count). The van der Waals surface area contributed by atoms with Crippen LogP contribution in [0.2, 0.25) is 0 Å². The lowest BCUT2D eigenvalue weighted by atomic mass is 9.87. The number of rotatable bonds is 8. The molecule has 3 nitrogen and oxygen atoms in total. The molecule has 0 saturated carbocycles. The van der Waals surface area contributed by atoms with Crippen LogP contribution < -0.4 is 10.6 Å². The molecule has 3 aromatic rings. The number of hydrogen-bond donors (Lipinski definition) is 2. The zero-order valence-electron chi connectivity index (χ0n) is 18.6. The van der Waals surface area contributed by atoms with Gasteiger partial charge in [-0.3, -0.25) is 0 Å². The largest absolute Gasteiger partial charge is 0.416 e. The molecular formula is C26H25F5N2O. The van der Waals surface area contributed by atoms with Crippen molar-refractivity contribution in [1.29, 1.82) is 0 Å². The standard InChI is InChI=1S/C26H25F5N2O/c1-17-5-14-22(16-24(17)26(29,30)31)33-25(34)32-15-3-2-4-23(18-6-10-20(27)11-7-18)19-8-12-21(28)13-9-19/h5-14,16,23H,2-4,15H2,1H3,(H2,32,33,34). The van der Waals surface area contributed by atoms with E-state index in [4.69, 9.17) is 0 Å². The summed E-state index contributed by atoms with van der Waals surface area (Å²) in [6.45, 7) is 1.68. The summed E-state index contributed by atoms with van der Waals surface area (Å²) in [5.74, 6) is -0.746. The quantitative estimate of drug-likeness (QED) is 0.258. The Morgan fingerprint density at radius 1 is 0.853 bits per heavy atom. The molecule has 2 N–H and O–H groups in total. The third-order valence-corrected chi connectivity index (χ3v) is 5.55. The lowest BCUT2D eigenvalue weighted by molar-refractivity contribution is -0.138. The first-order chi connectivity index (χ1) is 16.1. The first-order valence-corrected chi connectivity index (χ1v) is 10.9. The molecule has 0 aromatic heterocycles. The van der Waals surface area contributed by atoms with Gasteiger partial charge >= 0.3 is 12.2 Å². The molecule has 180 valence electrons. The minimum absolute atomic E-state index is 0.0584. The summed E-state index contributed by atoms with van der Waals surface area (Å²) < 4.78 is 65.8. The lowest BCUT2D eigenvalue weighted by Crippen LogP contribution is -2.29. The number of carbonyl (C=O) groups is 1. The van der Waals surface area contributed by atoms with Gasteiger partial charge in [-0.1, -0.05) is 36.8 Å². The zero-order valence-corrected chi connectivity index (χ0v) is 18.6. The van der Waals surface area contributed by atoms with Gasteiger partial charge in [-0.25, -0.2) is 13.6 Å². The number of unbranched alkanes of at least 4 members (excludes halogenated alkanes) is 1. The number of anilines is 1. The first kappa shape index (κ1) is 25.2. The Morgan fingerprint density at radius 3 is 1.94 bits per heavy atom. The smallest absolute Gasteiger partial charge is 0.338 e. The van der Waals surface area contributed by atoms with E-state index in [2.05, 4.69) is 10.6 Å². The number of nitrogens with one attached hydrogen (secondary N) is 2. The van der Waals surface area contributed by atoms with Crippen LogP contribution in [0.3, 0.4) is 0 Å². The van der Waals surface area contributed by atoms with Crippen LogP contribution in [0.15, 0.2) is 66.7 Å². The predicted molar refractivity (Wildman–Crippen MR) is 122 cm³/mol. The molecule has 0 radical (unpaired) electrons. The average molecular weight is 476 g/mol. The monoisotopic (exact) mass is 476 g/mol. The summed E-state index contributed by atoms with van der Waals surface area (Å²) in [7, 11) is 0. The van der Waals surface area contributed by atoms with Gasteiger partial charge in [0.15, 0.2) is 0 Å². The molecule has 0 atom stereocenters. The SMILES string of the molecule is Cc1ccc(NC(=O)NCCCCC(c2ccc(F)cc2)c2ccc(F)cc2)cc1C(F)(F)F. The number of amides is 2. The molecule has 8 heteroatoms. The van der Waals surface area contributed by atoms with E-state index in [1.165, 1.54) is 43.3 Å². The van der Waals surface area contributed by atoms with Crippen LogP contribution in [-0.4, -0.2) is 12.6 Å². The van der Waals surface area contributed by atoms with E-state index in [-0.39, 0.29) is 28.8 Å². The van der Waals surface area contributed by atoms with Crippen molar-refractivity contribution in [2.45, 2.75) is 38.3 Å². The fourth-order valence-electron chi connectivity index (χ4n) is 3.77. The van der Waals surface area contributed by atoms with E-state index in [0.29, 0.717) is 25.8 Å². The van der Waals surface area contributed by atoms with E-state index in [0.717, 1.165) is 17.2 Å². The van der Waals surface area contributed by atoms with Gasteiger partial charge in [0.2, 0.25) is 0 Å². The van der Waals surface area contributed by atoms with Gasteiger partial charge in [-0.05, 0) is 72.9 Å². The Kier molecular flexibility index (Phi) is 8.26. The normalized spacial score (nSPS) is 11.5. The highest BCUT2D eigenvalue weighted by Crippen LogP contribution is 2.33. The Morgan fingerprint density at radius 2 is 1.41 bits per heavy atom. The van der Waals surface area contributed by atoms with Gasteiger partial charge in [0.05, 0.1) is 5.56 Å². The van der Waals surface area contributed by atoms with Crippen molar-refractivity contribution >= 4 is 11.7 Å². The van der Waals surface area contributed by atoms with E-state index < -0.39 is 17.8 Å². The molecule has 0 bridgehead atoms. The number of hydrogen-bond acceptors (Lipinski definition) is 1. The average Bonchev–Trinajstić information content (AvgIpc) is 2.78. The van der Waals surface area contributed by atoms with Crippen LogP contribution >= 0.6 is 0 Å². The van der Waals surface area contributed by atoms with Crippen molar-refractivity contribution in [2.24, 2.45) is 0 Å².